The Bertz CT molecular complexity index is 465. The zero-order valence-electron chi connectivity index (χ0n) is 11.7. The third-order valence-corrected chi connectivity index (χ3v) is 2.78. The van der Waals surface area contributed by atoms with Crippen LogP contribution in [0, 0.1) is 13.8 Å². The molecule has 5 nitrogen and oxygen atoms in total. The van der Waals surface area contributed by atoms with Crippen LogP contribution in [0.4, 0.5) is 5.69 Å². The summed E-state index contributed by atoms with van der Waals surface area (Å²) in [6.45, 7) is 5.52. The minimum Gasteiger partial charge on any atom is -0.480 e. The molecule has 19 heavy (non-hydrogen) atoms. The third kappa shape index (κ3) is 4.62. The first-order chi connectivity index (χ1) is 8.79. The number of amides is 1. The molecule has 2 N–H and O–H groups in total. The highest BCUT2D eigenvalue weighted by Crippen LogP contribution is 2.17. The lowest BCUT2D eigenvalue weighted by molar-refractivity contribution is -0.141. The number of anilines is 1. The van der Waals surface area contributed by atoms with Crippen LogP contribution >= 0.6 is 0 Å². The minimum atomic E-state index is -1.04. The van der Waals surface area contributed by atoms with E-state index in [1.54, 1.807) is 0 Å². The SMILES string of the molecule is CC(=O)NC(CN(C)c1cc(C)cc(C)c1)C(=O)O. The number of aryl methyl sites for hydroxylation is 2. The topological polar surface area (TPSA) is 69.6 Å². The van der Waals surface area contributed by atoms with Gasteiger partial charge in [-0.25, -0.2) is 4.79 Å². The number of aliphatic carboxylic acids is 1. The van der Waals surface area contributed by atoms with Crippen LogP contribution in [0.3, 0.4) is 0 Å². The van der Waals surface area contributed by atoms with Gasteiger partial charge in [0.15, 0.2) is 0 Å². The third-order valence-electron chi connectivity index (χ3n) is 2.78. The normalized spacial score (nSPS) is 11.8. The van der Waals surface area contributed by atoms with Gasteiger partial charge in [-0.15, -0.1) is 0 Å². The number of likely N-dealkylation sites (N-methyl/N-ethyl adjacent to an activating group) is 1. The Morgan fingerprint density at radius 3 is 2.21 bits per heavy atom. The molecule has 1 aromatic rings. The standard InChI is InChI=1S/C14H20N2O3/c1-9-5-10(2)7-12(6-9)16(4)8-13(14(18)19)15-11(3)17/h5-7,13H,8H2,1-4H3,(H,15,17)(H,18,19). The van der Waals surface area contributed by atoms with Gasteiger partial charge in [0.05, 0.1) is 0 Å². The Morgan fingerprint density at radius 1 is 1.26 bits per heavy atom. The molecule has 1 rings (SSSR count). The average Bonchev–Trinajstić information content (AvgIpc) is 2.25. The van der Waals surface area contributed by atoms with Gasteiger partial charge >= 0.3 is 5.97 Å². The van der Waals surface area contributed by atoms with Crippen molar-refractivity contribution in [3.63, 3.8) is 0 Å². The van der Waals surface area contributed by atoms with Gasteiger partial charge in [0.2, 0.25) is 5.91 Å². The summed E-state index contributed by atoms with van der Waals surface area (Å²) < 4.78 is 0. The number of carboxylic acid groups (broad SMARTS) is 1. The van der Waals surface area contributed by atoms with Crippen LogP contribution < -0.4 is 10.2 Å². The van der Waals surface area contributed by atoms with Gasteiger partial charge in [-0.1, -0.05) is 6.07 Å². The fraction of sp³-hybridized carbons (Fsp3) is 0.429. The van der Waals surface area contributed by atoms with Crippen LogP contribution in [0.2, 0.25) is 0 Å². The molecule has 0 spiro atoms. The van der Waals surface area contributed by atoms with Gasteiger partial charge in [-0.3, -0.25) is 4.79 Å². The average molecular weight is 264 g/mol. The number of nitrogens with zero attached hydrogens (tertiary/aromatic N) is 1. The second kappa shape index (κ2) is 6.22. The summed E-state index contributed by atoms with van der Waals surface area (Å²) in [5.74, 6) is -1.38. The molecule has 104 valence electrons. The summed E-state index contributed by atoms with van der Waals surface area (Å²) >= 11 is 0. The summed E-state index contributed by atoms with van der Waals surface area (Å²) in [6, 6.07) is 5.11. The molecule has 5 heteroatoms. The van der Waals surface area contributed by atoms with E-state index in [-0.39, 0.29) is 12.5 Å². The van der Waals surface area contributed by atoms with Crippen molar-refractivity contribution in [3.05, 3.63) is 29.3 Å². The van der Waals surface area contributed by atoms with Crippen molar-refractivity contribution < 1.29 is 14.7 Å². The van der Waals surface area contributed by atoms with Crippen LogP contribution in [-0.2, 0) is 9.59 Å². The van der Waals surface area contributed by atoms with E-state index in [4.69, 9.17) is 5.11 Å². The highest BCUT2D eigenvalue weighted by atomic mass is 16.4. The molecule has 0 aromatic heterocycles. The van der Waals surface area contributed by atoms with E-state index < -0.39 is 12.0 Å². The fourth-order valence-corrected chi connectivity index (χ4v) is 1.98. The second-order valence-corrected chi connectivity index (χ2v) is 4.82. The zero-order chi connectivity index (χ0) is 14.6. The largest absolute Gasteiger partial charge is 0.480 e. The van der Waals surface area contributed by atoms with Crippen LogP contribution in [0.5, 0.6) is 0 Å². The number of carbonyl (C=O) groups excluding carboxylic acids is 1. The van der Waals surface area contributed by atoms with Crippen LogP contribution in [0.1, 0.15) is 18.1 Å². The zero-order valence-corrected chi connectivity index (χ0v) is 11.7. The second-order valence-electron chi connectivity index (χ2n) is 4.82. The van der Waals surface area contributed by atoms with Crippen LogP contribution in [0.15, 0.2) is 18.2 Å². The number of nitrogens with one attached hydrogen (secondary N) is 1. The minimum absolute atomic E-state index is 0.220. The Kier molecular flexibility index (Phi) is 4.92. The molecule has 0 aliphatic carbocycles. The molecule has 1 amide bonds. The molecule has 0 saturated carbocycles. The first kappa shape index (κ1) is 15.0. The molecule has 0 aliphatic heterocycles. The van der Waals surface area contributed by atoms with Crippen molar-refractivity contribution >= 4 is 17.6 Å². The first-order valence-electron chi connectivity index (χ1n) is 6.09. The van der Waals surface area contributed by atoms with E-state index >= 15 is 0 Å². The number of carbonyl (C=O) groups is 2. The van der Waals surface area contributed by atoms with Crippen molar-refractivity contribution in [1.29, 1.82) is 0 Å². The lowest BCUT2D eigenvalue weighted by atomic mass is 10.1. The molecular weight excluding hydrogens is 244 g/mol. The summed E-state index contributed by atoms with van der Waals surface area (Å²) in [5.41, 5.74) is 3.18. The van der Waals surface area contributed by atoms with Gasteiger partial charge in [-0.05, 0) is 37.1 Å². The summed E-state index contributed by atoms with van der Waals surface area (Å²) in [5, 5.41) is 11.5. The van der Waals surface area contributed by atoms with Gasteiger partial charge in [0, 0.05) is 26.2 Å². The Hall–Kier alpha value is -2.04. The Labute approximate surface area is 113 Å². The quantitative estimate of drug-likeness (QED) is 0.841. The molecule has 0 fully saturated rings. The molecule has 0 radical (unpaired) electrons. The monoisotopic (exact) mass is 264 g/mol. The predicted octanol–water partition coefficient (Wildman–Crippen LogP) is 1.33. The number of rotatable bonds is 5. The van der Waals surface area contributed by atoms with E-state index in [0.717, 1.165) is 16.8 Å². The van der Waals surface area contributed by atoms with Gasteiger partial charge < -0.3 is 15.3 Å². The Morgan fingerprint density at radius 2 is 1.79 bits per heavy atom. The van der Waals surface area contributed by atoms with Crippen molar-refractivity contribution in [1.82, 2.24) is 5.32 Å². The molecular formula is C14H20N2O3. The molecule has 0 bridgehead atoms. The molecule has 1 aromatic carbocycles. The molecule has 0 saturated heterocycles. The number of carboxylic acids is 1. The van der Waals surface area contributed by atoms with E-state index in [1.165, 1.54) is 6.92 Å². The number of hydrogen-bond acceptors (Lipinski definition) is 3. The summed E-state index contributed by atoms with van der Waals surface area (Å²) in [6.07, 6.45) is 0. The van der Waals surface area contributed by atoms with E-state index in [1.807, 2.05) is 37.9 Å². The maximum Gasteiger partial charge on any atom is 0.328 e. The van der Waals surface area contributed by atoms with Gasteiger partial charge in [-0.2, -0.15) is 0 Å². The van der Waals surface area contributed by atoms with Gasteiger partial charge in [0.1, 0.15) is 6.04 Å². The number of benzene rings is 1. The highest BCUT2D eigenvalue weighted by Gasteiger charge is 2.20. The Balaban J connectivity index is 2.83. The molecule has 1 atom stereocenters. The maximum absolute atomic E-state index is 11.1. The smallest absolute Gasteiger partial charge is 0.328 e. The summed E-state index contributed by atoms with van der Waals surface area (Å²) in [7, 11) is 1.81. The van der Waals surface area contributed by atoms with Crippen molar-refractivity contribution in [2.75, 3.05) is 18.5 Å². The van der Waals surface area contributed by atoms with E-state index in [0.29, 0.717) is 0 Å². The van der Waals surface area contributed by atoms with Crippen LogP contribution in [-0.4, -0.2) is 36.6 Å². The molecule has 1 unspecified atom stereocenters. The van der Waals surface area contributed by atoms with Crippen LogP contribution in [0.25, 0.3) is 0 Å². The van der Waals surface area contributed by atoms with E-state index in [9.17, 15) is 9.59 Å². The lowest BCUT2D eigenvalue weighted by Gasteiger charge is -2.24. The first-order valence-corrected chi connectivity index (χ1v) is 6.09. The number of hydrogen-bond donors (Lipinski definition) is 2. The van der Waals surface area contributed by atoms with Crippen molar-refractivity contribution in [2.45, 2.75) is 26.8 Å². The molecule has 0 heterocycles. The maximum atomic E-state index is 11.1. The fourth-order valence-electron chi connectivity index (χ4n) is 1.98. The highest BCUT2D eigenvalue weighted by molar-refractivity contribution is 5.82. The summed E-state index contributed by atoms with van der Waals surface area (Å²) in [4.78, 5) is 23.9. The van der Waals surface area contributed by atoms with Gasteiger partial charge in [0.25, 0.3) is 0 Å². The van der Waals surface area contributed by atoms with Crippen molar-refractivity contribution in [3.8, 4) is 0 Å². The lowest BCUT2D eigenvalue weighted by Crippen LogP contribution is -2.47. The van der Waals surface area contributed by atoms with E-state index in [2.05, 4.69) is 11.4 Å². The molecule has 0 aliphatic rings. The van der Waals surface area contributed by atoms with Crippen molar-refractivity contribution in [2.24, 2.45) is 0 Å². The predicted molar refractivity (Wildman–Crippen MR) is 74.4 cm³/mol.